The van der Waals surface area contributed by atoms with Crippen LogP contribution in [0.25, 0.3) is 10.8 Å². The van der Waals surface area contributed by atoms with Crippen LogP contribution in [0.1, 0.15) is 50.9 Å². The van der Waals surface area contributed by atoms with E-state index < -0.39 is 17.5 Å². The Morgan fingerprint density at radius 2 is 1.81 bits per heavy atom. The highest BCUT2D eigenvalue weighted by Crippen LogP contribution is 2.25. The second-order valence-corrected chi connectivity index (χ2v) is 7.37. The van der Waals surface area contributed by atoms with E-state index in [9.17, 15) is 9.59 Å². The van der Waals surface area contributed by atoms with Crippen LogP contribution in [-0.4, -0.2) is 17.4 Å². The van der Waals surface area contributed by atoms with Gasteiger partial charge in [0.2, 0.25) is 0 Å². The van der Waals surface area contributed by atoms with Crippen molar-refractivity contribution < 1.29 is 14.3 Å². The van der Waals surface area contributed by atoms with E-state index in [0.29, 0.717) is 12.0 Å². The number of ether oxygens (including phenoxy) is 1. The zero-order valence-corrected chi connectivity index (χ0v) is 16.6. The molecule has 0 spiro atoms. The molecule has 0 aliphatic carbocycles. The Balaban J connectivity index is 2.16. The fourth-order valence-electron chi connectivity index (χ4n) is 2.94. The lowest BCUT2D eigenvalue weighted by Gasteiger charge is -2.27. The zero-order valence-electron chi connectivity index (χ0n) is 16.6. The first-order valence-corrected chi connectivity index (χ1v) is 9.29. The fourth-order valence-corrected chi connectivity index (χ4v) is 2.94. The van der Waals surface area contributed by atoms with Crippen LogP contribution >= 0.6 is 0 Å². The summed E-state index contributed by atoms with van der Waals surface area (Å²) in [4.78, 5) is 25.6. The van der Waals surface area contributed by atoms with Gasteiger partial charge in [-0.3, -0.25) is 9.59 Å². The molecule has 0 heterocycles. The minimum Gasteiger partial charge on any atom is -0.455 e. The first-order chi connectivity index (χ1) is 12.8. The van der Waals surface area contributed by atoms with Crippen LogP contribution < -0.4 is 0 Å². The maximum Gasteiger partial charge on any atom is 0.317 e. The number of hydrogen-bond donors (Lipinski definition) is 0. The van der Waals surface area contributed by atoms with Crippen molar-refractivity contribution in [3.05, 3.63) is 72.3 Å². The normalized spacial score (nSPS) is 14.1. The van der Waals surface area contributed by atoms with Crippen LogP contribution in [0.2, 0.25) is 0 Å². The number of carbonyl (C=O) groups excluding carboxylic acids is 2. The number of fused-ring (bicyclic) bond motifs is 1. The first-order valence-electron chi connectivity index (χ1n) is 9.29. The van der Waals surface area contributed by atoms with Gasteiger partial charge in [0.25, 0.3) is 0 Å². The summed E-state index contributed by atoms with van der Waals surface area (Å²) < 4.78 is 5.68. The van der Waals surface area contributed by atoms with Gasteiger partial charge in [0, 0.05) is 5.56 Å². The molecule has 3 heteroatoms. The van der Waals surface area contributed by atoms with Crippen molar-refractivity contribution in [2.45, 2.75) is 46.1 Å². The van der Waals surface area contributed by atoms with Gasteiger partial charge in [0.15, 0.2) is 5.78 Å². The standard InChI is InChI=1S/C24H28O3/c1-6-24(5,16-10-11-17(2)3)27-23(26)18(4)22(25)21-15-9-13-19-12-7-8-14-20(19)21/h6-9,11-15,18H,1,10,16H2,2-5H3. The van der Waals surface area contributed by atoms with Gasteiger partial charge < -0.3 is 4.74 Å². The van der Waals surface area contributed by atoms with Gasteiger partial charge in [-0.2, -0.15) is 0 Å². The number of hydrogen-bond acceptors (Lipinski definition) is 3. The van der Waals surface area contributed by atoms with Gasteiger partial charge in [-0.15, -0.1) is 0 Å². The second kappa shape index (κ2) is 8.81. The molecule has 2 unspecified atom stereocenters. The maximum absolute atomic E-state index is 12.9. The summed E-state index contributed by atoms with van der Waals surface area (Å²) in [5.74, 6) is -1.63. The monoisotopic (exact) mass is 364 g/mol. The predicted octanol–water partition coefficient (Wildman–Crippen LogP) is 5.89. The average Bonchev–Trinajstić information content (AvgIpc) is 2.66. The van der Waals surface area contributed by atoms with Crippen molar-refractivity contribution in [1.29, 1.82) is 0 Å². The smallest absolute Gasteiger partial charge is 0.317 e. The Labute approximate surface area is 161 Å². The molecule has 0 fully saturated rings. The van der Waals surface area contributed by atoms with E-state index in [0.717, 1.165) is 17.2 Å². The van der Waals surface area contributed by atoms with Crippen LogP contribution in [0.15, 0.2) is 66.8 Å². The molecule has 2 aromatic rings. The van der Waals surface area contributed by atoms with Crippen LogP contribution in [0, 0.1) is 5.92 Å². The molecule has 0 radical (unpaired) electrons. The highest BCUT2D eigenvalue weighted by Gasteiger charge is 2.31. The summed E-state index contributed by atoms with van der Waals surface area (Å²) in [7, 11) is 0. The lowest BCUT2D eigenvalue weighted by Crippen LogP contribution is -2.34. The van der Waals surface area contributed by atoms with Crippen LogP contribution in [0.3, 0.4) is 0 Å². The topological polar surface area (TPSA) is 43.4 Å². The Kier molecular flexibility index (Phi) is 6.73. The summed E-state index contributed by atoms with van der Waals surface area (Å²) in [6.45, 7) is 11.3. The van der Waals surface area contributed by atoms with Crippen molar-refractivity contribution in [3.8, 4) is 0 Å². The molecule has 0 amide bonds. The molecule has 2 aromatic carbocycles. The lowest BCUT2D eigenvalue weighted by atomic mass is 9.94. The van der Waals surface area contributed by atoms with E-state index in [1.54, 1.807) is 19.1 Å². The van der Waals surface area contributed by atoms with Crippen LogP contribution in [-0.2, 0) is 9.53 Å². The average molecular weight is 364 g/mol. The van der Waals surface area contributed by atoms with E-state index in [1.165, 1.54) is 5.57 Å². The molecular formula is C24H28O3. The summed E-state index contributed by atoms with van der Waals surface area (Å²) in [6.07, 6.45) is 5.14. The quantitative estimate of drug-likeness (QED) is 0.254. The molecular weight excluding hydrogens is 336 g/mol. The highest BCUT2D eigenvalue weighted by molar-refractivity contribution is 6.15. The third kappa shape index (κ3) is 5.16. The number of Topliss-reactive ketones (excluding diaryl/α,β-unsaturated/α-hetero) is 1. The predicted molar refractivity (Wildman–Crippen MR) is 111 cm³/mol. The van der Waals surface area contributed by atoms with Gasteiger partial charge in [-0.25, -0.2) is 0 Å². The van der Waals surface area contributed by atoms with E-state index in [4.69, 9.17) is 4.74 Å². The number of benzene rings is 2. The number of allylic oxidation sites excluding steroid dienone is 2. The van der Waals surface area contributed by atoms with Gasteiger partial charge >= 0.3 is 5.97 Å². The van der Waals surface area contributed by atoms with Crippen molar-refractivity contribution in [2.75, 3.05) is 0 Å². The van der Waals surface area contributed by atoms with Gasteiger partial charge in [-0.05, 0) is 57.4 Å². The molecule has 142 valence electrons. The van der Waals surface area contributed by atoms with E-state index in [-0.39, 0.29) is 5.78 Å². The Bertz CT molecular complexity index is 869. The summed E-state index contributed by atoms with van der Waals surface area (Å²) in [6, 6.07) is 13.2. The number of ketones is 1. The molecule has 27 heavy (non-hydrogen) atoms. The summed E-state index contributed by atoms with van der Waals surface area (Å²) in [5.41, 5.74) is 0.964. The number of esters is 1. The molecule has 3 nitrogen and oxygen atoms in total. The van der Waals surface area contributed by atoms with Gasteiger partial charge in [0.05, 0.1) is 0 Å². The Morgan fingerprint density at radius 3 is 2.48 bits per heavy atom. The molecule has 0 bridgehead atoms. The summed E-state index contributed by atoms with van der Waals surface area (Å²) >= 11 is 0. The number of carbonyl (C=O) groups is 2. The molecule has 0 N–H and O–H groups in total. The van der Waals surface area contributed by atoms with Crippen molar-refractivity contribution in [1.82, 2.24) is 0 Å². The Hall–Kier alpha value is -2.68. The first kappa shape index (κ1) is 20.6. The summed E-state index contributed by atoms with van der Waals surface area (Å²) in [5, 5.41) is 1.82. The second-order valence-electron chi connectivity index (χ2n) is 7.37. The van der Waals surface area contributed by atoms with E-state index in [2.05, 4.69) is 12.7 Å². The maximum atomic E-state index is 12.9. The molecule has 0 aliphatic heterocycles. The molecule has 2 rings (SSSR count). The minimum absolute atomic E-state index is 0.229. The molecule has 0 saturated carbocycles. The Morgan fingerprint density at radius 1 is 1.15 bits per heavy atom. The SMILES string of the molecule is C=CC(C)(CCC=C(C)C)OC(=O)C(C)C(=O)c1cccc2ccccc12. The molecule has 2 atom stereocenters. The van der Waals surface area contributed by atoms with E-state index in [1.807, 2.05) is 57.2 Å². The van der Waals surface area contributed by atoms with Gasteiger partial charge in [0.1, 0.15) is 11.5 Å². The van der Waals surface area contributed by atoms with Crippen molar-refractivity contribution >= 4 is 22.5 Å². The number of rotatable bonds is 8. The minimum atomic E-state index is -0.876. The lowest BCUT2D eigenvalue weighted by molar-refractivity contribution is -0.156. The van der Waals surface area contributed by atoms with Crippen LogP contribution in [0.5, 0.6) is 0 Å². The highest BCUT2D eigenvalue weighted by atomic mass is 16.6. The fraction of sp³-hybridized carbons (Fsp3) is 0.333. The van der Waals surface area contributed by atoms with Crippen molar-refractivity contribution in [2.24, 2.45) is 5.92 Å². The van der Waals surface area contributed by atoms with E-state index >= 15 is 0 Å². The zero-order chi connectivity index (χ0) is 20.0. The molecule has 0 aliphatic rings. The molecule has 0 saturated heterocycles. The van der Waals surface area contributed by atoms with Gasteiger partial charge in [-0.1, -0.05) is 60.7 Å². The van der Waals surface area contributed by atoms with Crippen molar-refractivity contribution in [3.63, 3.8) is 0 Å². The molecule has 0 aromatic heterocycles. The third-order valence-corrected chi connectivity index (χ3v) is 4.76. The largest absolute Gasteiger partial charge is 0.455 e. The van der Waals surface area contributed by atoms with Crippen LogP contribution in [0.4, 0.5) is 0 Å². The third-order valence-electron chi connectivity index (χ3n) is 4.76.